The van der Waals surface area contributed by atoms with Crippen molar-refractivity contribution in [3.8, 4) is 28.7 Å². The summed E-state index contributed by atoms with van der Waals surface area (Å²) in [6.45, 7) is 10.8. The third-order valence-corrected chi connectivity index (χ3v) is 16.8. The summed E-state index contributed by atoms with van der Waals surface area (Å²) in [5.74, 6) is 0.981. The van der Waals surface area contributed by atoms with Gasteiger partial charge in [-0.15, -0.1) is 63.1 Å². The van der Waals surface area contributed by atoms with Gasteiger partial charge < -0.3 is 23.7 Å². The van der Waals surface area contributed by atoms with E-state index < -0.39 is 0 Å². The Kier molecular flexibility index (Phi) is 47.3. The predicted molar refractivity (Wildman–Crippen MR) is 431 cm³/mol. The number of halogens is 5. The van der Waals surface area contributed by atoms with Gasteiger partial charge in [-0.1, -0.05) is 127 Å². The molecule has 560 valence electrons. The van der Waals surface area contributed by atoms with Gasteiger partial charge in [-0.05, 0) is 274 Å². The van der Waals surface area contributed by atoms with Crippen molar-refractivity contribution in [3.63, 3.8) is 0 Å². The van der Waals surface area contributed by atoms with Crippen LogP contribution in [0.5, 0.6) is 28.7 Å². The highest BCUT2D eigenvalue weighted by Crippen LogP contribution is 2.23. The molecule has 0 radical (unpaired) electrons. The fourth-order valence-corrected chi connectivity index (χ4v) is 10.1. The van der Waals surface area contributed by atoms with Gasteiger partial charge in [0.25, 0.3) is 0 Å². The van der Waals surface area contributed by atoms with E-state index in [4.69, 9.17) is 23.7 Å². The summed E-state index contributed by atoms with van der Waals surface area (Å²) in [6.07, 6.45) is 16.9. The lowest BCUT2D eigenvalue weighted by atomic mass is 10.1. The molecule has 0 amide bonds. The number of hydrogen-bond acceptors (Lipinski definition) is 15. The fourth-order valence-electron chi connectivity index (χ4n) is 9.34. The molecule has 0 fully saturated rings. The van der Waals surface area contributed by atoms with Crippen LogP contribution in [0, 0.1) is 0 Å². The molecular weight excluding hydrogens is 1440 g/mol. The Morgan fingerprint density at radius 3 is 0.448 bits per heavy atom. The smallest absolute Gasteiger partial charge is 0.343 e. The highest BCUT2D eigenvalue weighted by Gasteiger charge is 2.14. The topological polar surface area (TPSA) is 132 Å². The monoisotopic (exact) mass is 1530 g/mol. The Balaban J connectivity index is 0.000000649. The maximum Gasteiger partial charge on any atom is 0.343 e. The Bertz CT molecular complexity index is 3440. The number of ether oxygens (including phenoxy) is 5. The van der Waals surface area contributed by atoms with E-state index >= 15 is 0 Å². The van der Waals surface area contributed by atoms with Gasteiger partial charge in [0.05, 0.1) is 27.8 Å². The number of benzene rings is 10. The number of unbranched alkanes of at least 4 members (excludes halogenated alkanes) is 5. The van der Waals surface area contributed by atoms with Crippen molar-refractivity contribution in [3.05, 3.63) is 298 Å². The van der Waals surface area contributed by atoms with Crippen molar-refractivity contribution in [2.45, 2.75) is 155 Å². The molecule has 0 atom stereocenters. The second kappa shape index (κ2) is 52.8. The number of hydrogen-bond donors (Lipinski definition) is 5. The first-order chi connectivity index (χ1) is 48.4. The van der Waals surface area contributed by atoms with Crippen LogP contribution in [0.25, 0.3) is 0 Å². The first-order valence-electron chi connectivity index (χ1n) is 33.9. The molecule has 105 heavy (non-hydrogen) atoms. The Morgan fingerprint density at radius 1 is 0.210 bits per heavy atom. The van der Waals surface area contributed by atoms with Crippen LogP contribution >= 0.6 is 63.1 Å². The molecule has 10 rings (SSSR count). The van der Waals surface area contributed by atoms with E-state index in [1.807, 2.05) is 121 Å². The molecule has 0 spiro atoms. The van der Waals surface area contributed by atoms with E-state index in [0.717, 1.165) is 56.6 Å². The van der Waals surface area contributed by atoms with E-state index in [-0.39, 0.29) is 53.4 Å². The number of carbonyl (C=O) groups is 5. The molecule has 10 nitrogen and oxygen atoms in total. The first-order valence-corrected chi connectivity index (χ1v) is 36.2. The molecule has 0 aliphatic rings. The van der Waals surface area contributed by atoms with E-state index in [1.165, 1.54) is 92.0 Å². The molecule has 20 heteroatoms. The first kappa shape index (κ1) is 94.0. The Hall–Kier alpha value is -9.05. The normalized spacial score (nSPS) is 9.81. The van der Waals surface area contributed by atoms with Crippen LogP contribution in [-0.4, -0.2) is 29.8 Å². The van der Waals surface area contributed by atoms with Gasteiger partial charge in [0.2, 0.25) is 0 Å². The summed E-state index contributed by atoms with van der Waals surface area (Å²) in [6, 6.07) is 73.3. The molecule has 0 saturated heterocycles. The summed E-state index contributed by atoms with van der Waals surface area (Å²) in [5, 5.41) is 0. The van der Waals surface area contributed by atoms with Gasteiger partial charge in [0.15, 0.2) is 0 Å². The molecular formula is C85H95F5O10S5. The van der Waals surface area contributed by atoms with E-state index in [1.54, 1.807) is 121 Å². The molecule has 0 aromatic heterocycles. The minimum Gasteiger partial charge on any atom is -0.423 e. The highest BCUT2D eigenvalue weighted by molar-refractivity contribution is 7.81. The summed E-state index contributed by atoms with van der Waals surface area (Å²) >= 11 is 21.0. The van der Waals surface area contributed by atoms with Crippen LogP contribution in [0.1, 0.15) is 178 Å². The minimum absolute atomic E-state index is 0. The van der Waals surface area contributed by atoms with Crippen molar-refractivity contribution >= 4 is 93.0 Å². The second-order valence-electron chi connectivity index (χ2n) is 23.4. The average Bonchev–Trinajstić information content (AvgIpc) is 0.894. The number of rotatable bonds is 25. The lowest BCUT2D eigenvalue weighted by molar-refractivity contribution is 0.0725. The largest absolute Gasteiger partial charge is 0.423 e. The average molecular weight is 1530 g/mol. The standard InChI is InChI=1S/5C17H18O2S.5FH/c5*1-2-3-4-13-5-7-14(8-6-13)17(18)19-15-9-11-16(20)12-10-15;;;;;/h5*5-12,20H,2-4H2,1H3;5*1H. The number of carbonyl (C=O) groups excluding carboxylic acids is 5. The Labute approximate surface area is 642 Å². The molecule has 0 aliphatic heterocycles. The van der Waals surface area contributed by atoms with Crippen molar-refractivity contribution in [1.29, 1.82) is 0 Å². The third kappa shape index (κ3) is 36.0. The lowest BCUT2D eigenvalue weighted by Gasteiger charge is -2.05. The second-order valence-corrected chi connectivity index (χ2v) is 26.0. The van der Waals surface area contributed by atoms with Crippen LogP contribution < -0.4 is 23.7 Å². The molecule has 0 unspecified atom stereocenters. The van der Waals surface area contributed by atoms with Gasteiger partial charge in [-0.2, -0.15) is 0 Å². The summed E-state index contributed by atoms with van der Waals surface area (Å²) < 4.78 is 26.5. The van der Waals surface area contributed by atoms with Crippen LogP contribution in [0.4, 0.5) is 23.5 Å². The summed E-state index contributed by atoms with van der Waals surface area (Å²) in [7, 11) is 0. The molecule has 0 aliphatic carbocycles. The molecule has 0 saturated carbocycles. The van der Waals surface area contributed by atoms with Crippen LogP contribution in [0.15, 0.2) is 267 Å². The quantitative estimate of drug-likeness (QED) is 0.0163. The predicted octanol–water partition coefficient (Wildman–Crippen LogP) is 23.4. The van der Waals surface area contributed by atoms with Crippen LogP contribution in [0.2, 0.25) is 0 Å². The maximum atomic E-state index is 12.0. The van der Waals surface area contributed by atoms with Gasteiger partial charge in [-0.3, -0.25) is 23.5 Å². The van der Waals surface area contributed by atoms with Gasteiger partial charge in [0, 0.05) is 24.5 Å². The molecule has 10 aromatic rings. The molecule has 0 bridgehead atoms. The molecule has 10 aromatic carbocycles. The van der Waals surface area contributed by atoms with Crippen molar-refractivity contribution in [1.82, 2.24) is 0 Å². The fraction of sp³-hybridized carbons (Fsp3) is 0.235. The van der Waals surface area contributed by atoms with E-state index in [2.05, 4.69) is 97.8 Å². The zero-order valence-corrected chi connectivity index (χ0v) is 64.0. The number of thiol groups is 5. The van der Waals surface area contributed by atoms with Gasteiger partial charge in [0.1, 0.15) is 28.7 Å². The van der Waals surface area contributed by atoms with E-state index in [0.29, 0.717) is 56.6 Å². The zero-order chi connectivity index (χ0) is 71.9. The zero-order valence-electron chi connectivity index (χ0n) is 59.6. The summed E-state index contributed by atoms with van der Waals surface area (Å²) in [4.78, 5) is 64.1. The Morgan fingerprint density at radius 2 is 0.333 bits per heavy atom. The lowest BCUT2D eigenvalue weighted by Crippen LogP contribution is -2.08. The van der Waals surface area contributed by atoms with Gasteiger partial charge in [-0.25, -0.2) is 24.0 Å². The maximum absolute atomic E-state index is 12.0. The van der Waals surface area contributed by atoms with Crippen molar-refractivity contribution in [2.24, 2.45) is 0 Å². The number of esters is 5. The van der Waals surface area contributed by atoms with Crippen molar-refractivity contribution < 1.29 is 71.2 Å². The SMILES string of the molecule is CCCCc1ccc(C(=O)Oc2ccc(S)cc2)cc1.CCCCc1ccc(C(=O)Oc2ccc(S)cc2)cc1.CCCCc1ccc(C(=O)Oc2ccc(S)cc2)cc1.CCCCc1ccc(C(=O)Oc2ccc(S)cc2)cc1.CCCCc1ccc(C(=O)Oc2ccc(S)cc2)cc1.F.F.F.F.F. The van der Waals surface area contributed by atoms with Gasteiger partial charge >= 0.3 is 29.8 Å². The van der Waals surface area contributed by atoms with Crippen molar-refractivity contribution in [2.75, 3.05) is 0 Å². The number of aryl methyl sites for hydroxylation is 5. The molecule has 0 heterocycles. The van der Waals surface area contributed by atoms with Crippen LogP contribution in [0.3, 0.4) is 0 Å². The molecule has 0 N–H and O–H groups in total. The minimum atomic E-state index is -0.334. The van der Waals surface area contributed by atoms with Crippen LogP contribution in [-0.2, 0) is 32.1 Å². The third-order valence-electron chi connectivity index (χ3n) is 15.3. The highest BCUT2D eigenvalue weighted by atomic mass is 32.1. The van der Waals surface area contributed by atoms with E-state index in [9.17, 15) is 24.0 Å². The summed E-state index contributed by atoms with van der Waals surface area (Å²) in [5.41, 5.74) is 9.11.